The molecule has 8 heteroatoms. The minimum Gasteiger partial charge on any atom is -1.00 e. The molecule has 7 nitrogen and oxygen atoms in total. The number of ether oxygens (including phenoxy) is 1. The van der Waals surface area contributed by atoms with Crippen molar-refractivity contribution in [3.05, 3.63) is 85.9 Å². The zero-order valence-corrected chi connectivity index (χ0v) is 18.5. The molecule has 0 spiro atoms. The summed E-state index contributed by atoms with van der Waals surface area (Å²) in [6.45, 7) is 4.07. The Hall–Kier alpha value is -3.26. The van der Waals surface area contributed by atoms with Gasteiger partial charge < -0.3 is 26.1 Å². The fourth-order valence-corrected chi connectivity index (χ4v) is 4.37. The van der Waals surface area contributed by atoms with Crippen molar-refractivity contribution >= 4 is 27.6 Å². The maximum atomic E-state index is 12.1. The summed E-state index contributed by atoms with van der Waals surface area (Å²) in [6.07, 6.45) is 2.62. The summed E-state index contributed by atoms with van der Waals surface area (Å²) < 4.78 is 13.7. The molecule has 1 aliphatic heterocycles. The average Bonchev–Trinajstić information content (AvgIpc) is 3.12. The summed E-state index contributed by atoms with van der Waals surface area (Å²) in [5.41, 5.74) is 2.01. The number of benzene rings is 2. The van der Waals surface area contributed by atoms with E-state index in [1.165, 1.54) is 0 Å². The number of nitro groups is 1. The van der Waals surface area contributed by atoms with Gasteiger partial charge in [-0.3, -0.25) is 10.1 Å². The number of aromatic nitrogens is 1. The average molecular weight is 483 g/mol. The van der Waals surface area contributed by atoms with Crippen molar-refractivity contribution in [3.63, 3.8) is 0 Å². The van der Waals surface area contributed by atoms with Gasteiger partial charge in [0.1, 0.15) is 11.3 Å². The Morgan fingerprint density at radius 3 is 2.68 bits per heavy atom. The predicted molar refractivity (Wildman–Crippen MR) is 111 cm³/mol. The van der Waals surface area contributed by atoms with E-state index in [2.05, 4.69) is 22.8 Å². The molecule has 0 bridgehead atoms. The Balaban J connectivity index is 0.00000231. The van der Waals surface area contributed by atoms with Gasteiger partial charge in [-0.1, -0.05) is 12.1 Å². The van der Waals surface area contributed by atoms with E-state index >= 15 is 0 Å². The third-order valence-electron chi connectivity index (χ3n) is 5.79. The molecule has 0 fully saturated rings. The third-order valence-corrected chi connectivity index (χ3v) is 5.79. The van der Waals surface area contributed by atoms with Crippen LogP contribution in [0.2, 0.25) is 0 Å². The van der Waals surface area contributed by atoms with Gasteiger partial charge in [0, 0.05) is 40.5 Å². The highest BCUT2D eigenvalue weighted by Gasteiger charge is 2.32. The van der Waals surface area contributed by atoms with Crippen LogP contribution in [0.4, 0.5) is 5.69 Å². The third kappa shape index (κ3) is 3.37. The lowest BCUT2D eigenvalue weighted by molar-refractivity contribution is -0.677. The molecule has 158 valence electrons. The van der Waals surface area contributed by atoms with Gasteiger partial charge >= 0.3 is 11.3 Å². The van der Waals surface area contributed by atoms with Gasteiger partial charge in [-0.05, 0) is 37.6 Å². The summed E-state index contributed by atoms with van der Waals surface area (Å²) in [6, 6.07) is 14.1. The molecule has 3 heterocycles. The molecule has 5 rings (SSSR count). The largest absolute Gasteiger partial charge is 1.00 e. The molecule has 2 aromatic heterocycles. The minimum atomic E-state index is -0.936. The van der Waals surface area contributed by atoms with Gasteiger partial charge in [-0.15, -0.1) is 0 Å². The van der Waals surface area contributed by atoms with Gasteiger partial charge in [-0.2, -0.15) is 4.57 Å². The van der Waals surface area contributed by atoms with Crippen molar-refractivity contribution in [2.24, 2.45) is 0 Å². The number of pyridine rings is 1. The summed E-state index contributed by atoms with van der Waals surface area (Å²) in [7, 11) is 0. The summed E-state index contributed by atoms with van der Waals surface area (Å²) in [5.74, 6) is 0.699. The highest BCUT2D eigenvalue weighted by molar-refractivity contribution is 5.88. The summed E-state index contributed by atoms with van der Waals surface area (Å²) in [5, 5.41) is 13.0. The molecule has 1 unspecified atom stereocenters. The number of halogens is 1. The first-order chi connectivity index (χ1) is 14.4. The first-order valence-corrected chi connectivity index (χ1v) is 9.72. The molecule has 0 saturated heterocycles. The highest BCUT2D eigenvalue weighted by atomic mass is 79.9. The van der Waals surface area contributed by atoms with Crippen LogP contribution in [0.25, 0.3) is 21.9 Å². The van der Waals surface area contributed by atoms with Gasteiger partial charge in [0.05, 0.1) is 4.92 Å². The Labute approximate surface area is 187 Å². The predicted octanol–water partition coefficient (Wildman–Crippen LogP) is 0.766. The van der Waals surface area contributed by atoms with Crippen molar-refractivity contribution in [2.75, 3.05) is 0 Å². The van der Waals surface area contributed by atoms with Crippen LogP contribution in [0.3, 0.4) is 0 Å². The number of hydrogen-bond donors (Lipinski definition) is 0. The van der Waals surface area contributed by atoms with Crippen molar-refractivity contribution in [3.8, 4) is 5.75 Å². The van der Waals surface area contributed by atoms with Gasteiger partial charge in [0.2, 0.25) is 5.52 Å². The first kappa shape index (κ1) is 21.0. The van der Waals surface area contributed by atoms with Crippen LogP contribution in [0, 0.1) is 24.0 Å². The number of hydrogen-bond acceptors (Lipinski definition) is 5. The van der Waals surface area contributed by atoms with E-state index in [0.717, 1.165) is 16.5 Å². The summed E-state index contributed by atoms with van der Waals surface area (Å²) >= 11 is 0. The molecule has 0 amide bonds. The van der Waals surface area contributed by atoms with E-state index < -0.39 is 16.2 Å². The van der Waals surface area contributed by atoms with E-state index in [-0.39, 0.29) is 23.1 Å². The molecule has 0 saturated carbocycles. The molecule has 4 aromatic rings. The Kier molecular flexibility index (Phi) is 5.26. The molecular formula is C23H19BrN2O5. The van der Waals surface area contributed by atoms with Gasteiger partial charge in [0.15, 0.2) is 18.8 Å². The lowest BCUT2D eigenvalue weighted by atomic mass is 10.00. The maximum absolute atomic E-state index is 12.1. The minimum absolute atomic E-state index is 0. The van der Waals surface area contributed by atoms with E-state index in [1.807, 2.05) is 37.4 Å². The Morgan fingerprint density at radius 1 is 1.16 bits per heavy atom. The van der Waals surface area contributed by atoms with Crippen molar-refractivity contribution in [2.45, 2.75) is 32.9 Å². The number of nitrogens with zero attached hydrogens (tertiary/aromatic N) is 2. The summed E-state index contributed by atoms with van der Waals surface area (Å²) in [4.78, 5) is 22.7. The van der Waals surface area contributed by atoms with Crippen LogP contribution in [-0.4, -0.2) is 11.0 Å². The number of rotatable bonds is 3. The normalized spacial score (nSPS) is 14.8. The van der Waals surface area contributed by atoms with Crippen LogP contribution in [0.1, 0.15) is 16.7 Å². The second-order valence-electron chi connectivity index (χ2n) is 7.65. The lowest BCUT2D eigenvalue weighted by Gasteiger charge is -2.11. The molecular weight excluding hydrogens is 464 g/mol. The van der Waals surface area contributed by atoms with E-state index in [9.17, 15) is 14.9 Å². The smallest absolute Gasteiger partial charge is 0.415 e. The fourth-order valence-electron chi connectivity index (χ4n) is 4.37. The van der Waals surface area contributed by atoms with E-state index in [4.69, 9.17) is 9.15 Å². The van der Waals surface area contributed by atoms with Crippen molar-refractivity contribution in [1.29, 1.82) is 0 Å². The number of para-hydroxylation sites is 1. The second kappa shape index (κ2) is 7.77. The Morgan fingerprint density at radius 2 is 1.90 bits per heavy atom. The van der Waals surface area contributed by atoms with Crippen LogP contribution in [0.15, 0.2) is 57.9 Å². The van der Waals surface area contributed by atoms with Crippen molar-refractivity contribution < 1.29 is 35.6 Å². The highest BCUT2D eigenvalue weighted by Crippen LogP contribution is 2.39. The molecule has 0 radical (unpaired) electrons. The van der Waals surface area contributed by atoms with Gasteiger partial charge in [-0.25, -0.2) is 4.79 Å². The van der Waals surface area contributed by atoms with E-state index in [0.29, 0.717) is 40.8 Å². The lowest BCUT2D eigenvalue weighted by Crippen LogP contribution is -3.00. The molecule has 1 aliphatic rings. The molecule has 2 aromatic carbocycles. The van der Waals surface area contributed by atoms with Crippen LogP contribution < -0.4 is 31.9 Å². The first-order valence-electron chi connectivity index (χ1n) is 9.72. The zero-order chi connectivity index (χ0) is 21.0. The maximum Gasteiger partial charge on any atom is 0.415 e. The number of fused-ring (bicyclic) bond motifs is 3. The monoisotopic (exact) mass is 482 g/mol. The quantitative estimate of drug-likeness (QED) is 0.186. The molecule has 1 atom stereocenters. The standard InChI is InChI=1S/C23H19N2O5.BrH/c1-13-18-11-16-10-17(12-24-9-5-7-15-6-3-4-8-19(15)24)29-21(16)14(2)22(18)30-23(26)20(13)25(27)28;/h3-9,11,17H,10,12H2,1-2H3;1H/q+1;/p-1. The zero-order valence-electron chi connectivity index (χ0n) is 16.9. The fraction of sp³-hybridized carbons (Fsp3) is 0.217. The van der Waals surface area contributed by atoms with E-state index in [1.54, 1.807) is 6.92 Å². The SMILES string of the molecule is Cc1c([N+](=O)[O-])c(=O)oc2c(C)c3c(cc12)CC(C[n+]1cccc2ccccc21)O3.[Br-]. The van der Waals surface area contributed by atoms with Crippen LogP contribution in [0.5, 0.6) is 5.75 Å². The van der Waals surface area contributed by atoms with Crippen LogP contribution in [-0.2, 0) is 13.0 Å². The van der Waals surface area contributed by atoms with Crippen molar-refractivity contribution in [1.82, 2.24) is 0 Å². The molecule has 31 heavy (non-hydrogen) atoms. The molecule has 0 N–H and O–H groups in total. The number of aryl methyl sites for hydroxylation is 2. The Bertz CT molecular complexity index is 1410. The molecule has 0 aliphatic carbocycles. The van der Waals surface area contributed by atoms with Crippen LogP contribution >= 0.6 is 0 Å². The topological polar surface area (TPSA) is 86.5 Å². The second-order valence-corrected chi connectivity index (χ2v) is 7.65. The van der Waals surface area contributed by atoms with Gasteiger partial charge in [0.25, 0.3) is 0 Å².